The smallest absolute Gasteiger partial charge is 0.242 e. The van der Waals surface area contributed by atoms with Crippen molar-refractivity contribution in [1.82, 2.24) is 14.4 Å². The monoisotopic (exact) mass is 529 g/mol. The maximum Gasteiger partial charge on any atom is 0.242 e. The summed E-state index contributed by atoms with van der Waals surface area (Å²) in [5.74, 6) is 1.54. The summed E-state index contributed by atoms with van der Waals surface area (Å²) in [7, 11) is 1.67. The van der Waals surface area contributed by atoms with Gasteiger partial charge in [0.15, 0.2) is 0 Å². The van der Waals surface area contributed by atoms with E-state index in [1.165, 1.54) is 25.7 Å². The van der Waals surface area contributed by atoms with Gasteiger partial charge in [0.25, 0.3) is 0 Å². The Hall–Kier alpha value is -3.54. The first kappa shape index (κ1) is 28.5. The first-order valence-electron chi connectivity index (χ1n) is 14.3. The van der Waals surface area contributed by atoms with Crippen molar-refractivity contribution in [1.29, 1.82) is 0 Å². The quantitative estimate of drug-likeness (QED) is 0.262. The maximum absolute atomic E-state index is 13.8. The molecular weight excluding hydrogens is 486 g/mol. The van der Waals surface area contributed by atoms with E-state index in [2.05, 4.69) is 16.7 Å². The van der Waals surface area contributed by atoms with Crippen LogP contribution in [-0.2, 0) is 29.2 Å². The van der Waals surface area contributed by atoms with Gasteiger partial charge in [-0.15, -0.1) is 0 Å². The van der Waals surface area contributed by atoms with Gasteiger partial charge in [0.1, 0.15) is 5.75 Å². The maximum atomic E-state index is 13.8. The van der Waals surface area contributed by atoms with Crippen LogP contribution in [0.5, 0.6) is 5.75 Å². The number of nitrogens with zero attached hydrogens (tertiary/aromatic N) is 3. The Morgan fingerprint density at radius 3 is 2.38 bits per heavy atom. The second-order valence-electron chi connectivity index (χ2n) is 11.0. The molecule has 1 aliphatic rings. The van der Waals surface area contributed by atoms with E-state index in [9.17, 15) is 9.59 Å². The topological polar surface area (TPSA) is 54.8 Å². The van der Waals surface area contributed by atoms with Crippen molar-refractivity contribution in [2.24, 2.45) is 5.92 Å². The highest BCUT2D eigenvalue weighted by Gasteiger charge is 2.25. The summed E-state index contributed by atoms with van der Waals surface area (Å²) in [6, 6.07) is 22.2. The predicted octanol–water partition coefficient (Wildman–Crippen LogP) is 6.28. The van der Waals surface area contributed by atoms with Gasteiger partial charge in [-0.05, 0) is 61.6 Å². The van der Waals surface area contributed by atoms with Gasteiger partial charge in [0.05, 0.1) is 20.2 Å². The first-order valence-corrected chi connectivity index (χ1v) is 14.3. The minimum atomic E-state index is -0.0316. The van der Waals surface area contributed by atoms with Crippen molar-refractivity contribution in [2.45, 2.75) is 78.0 Å². The molecule has 1 heterocycles. The molecule has 3 aromatic rings. The van der Waals surface area contributed by atoms with Crippen LogP contribution < -0.4 is 4.74 Å². The van der Waals surface area contributed by atoms with Gasteiger partial charge in [-0.3, -0.25) is 9.59 Å². The number of benzene rings is 2. The van der Waals surface area contributed by atoms with Crippen LogP contribution in [0.1, 0.15) is 69.2 Å². The van der Waals surface area contributed by atoms with Crippen molar-refractivity contribution in [3.63, 3.8) is 0 Å². The van der Waals surface area contributed by atoms with Crippen LogP contribution >= 0.6 is 0 Å². The third kappa shape index (κ3) is 8.22. The van der Waals surface area contributed by atoms with Gasteiger partial charge in [-0.2, -0.15) is 0 Å². The fourth-order valence-electron chi connectivity index (χ4n) is 5.52. The molecular formula is C33H43N3O3. The molecule has 208 valence electrons. The number of methoxy groups -OCH3 is 1. The zero-order chi connectivity index (χ0) is 27.6. The van der Waals surface area contributed by atoms with E-state index < -0.39 is 0 Å². The summed E-state index contributed by atoms with van der Waals surface area (Å²) < 4.78 is 7.57. The van der Waals surface area contributed by atoms with Crippen LogP contribution in [-0.4, -0.2) is 45.9 Å². The summed E-state index contributed by atoms with van der Waals surface area (Å²) in [6.45, 7) is 5.75. The number of carbonyl (C=O) groups is 2. The molecule has 1 aliphatic carbocycles. The molecule has 0 unspecified atom stereocenters. The van der Waals surface area contributed by atoms with Crippen molar-refractivity contribution < 1.29 is 14.3 Å². The molecule has 0 aliphatic heterocycles. The summed E-state index contributed by atoms with van der Waals surface area (Å²) in [5.41, 5.74) is 3.25. The van der Waals surface area contributed by atoms with E-state index in [4.69, 9.17) is 4.74 Å². The lowest BCUT2D eigenvalue weighted by Gasteiger charge is -2.31. The van der Waals surface area contributed by atoms with E-state index >= 15 is 0 Å². The number of hydrogen-bond acceptors (Lipinski definition) is 3. The summed E-state index contributed by atoms with van der Waals surface area (Å²) in [4.78, 5) is 30.7. The molecule has 0 atom stereocenters. The number of aromatic nitrogens is 1. The van der Waals surface area contributed by atoms with Gasteiger partial charge < -0.3 is 19.1 Å². The number of amides is 2. The molecule has 1 aromatic heterocycles. The molecule has 0 N–H and O–H groups in total. The Kier molecular flexibility index (Phi) is 10.2. The van der Waals surface area contributed by atoms with Crippen molar-refractivity contribution in [3.05, 3.63) is 89.7 Å². The highest BCUT2D eigenvalue weighted by molar-refractivity contribution is 5.85. The van der Waals surface area contributed by atoms with E-state index in [0.717, 1.165) is 29.0 Å². The Labute approximate surface area is 233 Å². The van der Waals surface area contributed by atoms with Crippen molar-refractivity contribution >= 4 is 11.8 Å². The summed E-state index contributed by atoms with van der Waals surface area (Å²) >= 11 is 0. The number of rotatable bonds is 13. The highest BCUT2D eigenvalue weighted by Crippen LogP contribution is 2.29. The van der Waals surface area contributed by atoms with Crippen LogP contribution in [0.25, 0.3) is 0 Å². The molecule has 6 nitrogen and oxygen atoms in total. The first-order chi connectivity index (χ1) is 18.9. The van der Waals surface area contributed by atoms with Crippen LogP contribution in [0, 0.1) is 5.92 Å². The molecule has 0 spiro atoms. The lowest BCUT2D eigenvalue weighted by molar-refractivity contribution is -0.143. The Morgan fingerprint density at radius 2 is 1.67 bits per heavy atom. The molecule has 0 radical (unpaired) electrons. The molecule has 2 aromatic carbocycles. The fourth-order valence-corrected chi connectivity index (χ4v) is 5.52. The molecule has 1 fully saturated rings. The van der Waals surface area contributed by atoms with Crippen molar-refractivity contribution in [3.8, 4) is 5.75 Å². The molecule has 39 heavy (non-hydrogen) atoms. The standard InChI is InChI=1S/C33H43N3O3/c1-26(2)36(32(37)19-18-27-11-7-8-12-27)25-33(38)35(22-28-13-5-4-6-14-28)24-30-16-10-20-34(30)23-29-15-9-17-31(21-29)39-3/h4-6,9-10,13-17,20-21,26-27H,7-8,11-12,18-19,22-25H2,1-3H3. The average molecular weight is 530 g/mol. The van der Waals surface area contributed by atoms with Gasteiger partial charge in [-0.25, -0.2) is 0 Å². The highest BCUT2D eigenvalue weighted by atomic mass is 16.5. The molecule has 4 rings (SSSR count). The van der Waals surface area contributed by atoms with Crippen LogP contribution in [0.4, 0.5) is 0 Å². The fraction of sp³-hybridized carbons (Fsp3) is 0.455. The molecule has 0 bridgehead atoms. The zero-order valence-electron chi connectivity index (χ0n) is 23.7. The van der Waals surface area contributed by atoms with E-state index in [1.54, 1.807) is 12.0 Å². The number of hydrogen-bond donors (Lipinski definition) is 0. The van der Waals surface area contributed by atoms with Crippen LogP contribution in [0.2, 0.25) is 0 Å². The average Bonchev–Trinajstić information content (AvgIpc) is 3.62. The molecule has 0 saturated heterocycles. The molecule has 6 heteroatoms. The third-order valence-corrected chi connectivity index (χ3v) is 7.82. The van der Waals surface area contributed by atoms with Gasteiger partial charge in [0, 0.05) is 37.4 Å². The van der Waals surface area contributed by atoms with Gasteiger partial charge in [0.2, 0.25) is 11.8 Å². The number of carbonyl (C=O) groups excluding carboxylic acids is 2. The predicted molar refractivity (Wildman–Crippen MR) is 155 cm³/mol. The zero-order valence-corrected chi connectivity index (χ0v) is 23.7. The lowest BCUT2D eigenvalue weighted by Crippen LogP contribution is -2.45. The van der Waals surface area contributed by atoms with E-state index in [0.29, 0.717) is 32.0 Å². The lowest BCUT2D eigenvalue weighted by atomic mass is 10.0. The normalized spacial score (nSPS) is 13.5. The third-order valence-electron chi connectivity index (χ3n) is 7.82. The van der Waals surface area contributed by atoms with E-state index in [-0.39, 0.29) is 24.4 Å². The summed E-state index contributed by atoms with van der Waals surface area (Å²) in [5, 5.41) is 0. The summed E-state index contributed by atoms with van der Waals surface area (Å²) in [6.07, 6.45) is 8.52. The van der Waals surface area contributed by atoms with E-state index in [1.807, 2.05) is 79.5 Å². The second-order valence-corrected chi connectivity index (χ2v) is 11.0. The minimum Gasteiger partial charge on any atom is -0.497 e. The van der Waals surface area contributed by atoms with Crippen molar-refractivity contribution in [2.75, 3.05) is 13.7 Å². The van der Waals surface area contributed by atoms with Crippen LogP contribution in [0.3, 0.4) is 0 Å². The molecule has 1 saturated carbocycles. The van der Waals surface area contributed by atoms with Gasteiger partial charge in [-0.1, -0.05) is 68.1 Å². The minimum absolute atomic E-state index is 0.0273. The Bertz CT molecular complexity index is 1200. The SMILES string of the molecule is COc1cccc(Cn2cccc2CN(Cc2ccccc2)C(=O)CN(C(=O)CCC2CCCC2)C(C)C)c1. The Balaban J connectivity index is 1.48. The molecule has 2 amide bonds. The van der Waals surface area contributed by atoms with Crippen LogP contribution in [0.15, 0.2) is 72.9 Å². The largest absolute Gasteiger partial charge is 0.497 e. The number of ether oxygens (including phenoxy) is 1. The second kappa shape index (κ2) is 14.0. The van der Waals surface area contributed by atoms with Gasteiger partial charge >= 0.3 is 0 Å². The Morgan fingerprint density at radius 1 is 0.923 bits per heavy atom.